The third-order valence-corrected chi connectivity index (χ3v) is 5.63. The number of hydrogen-bond donors (Lipinski definition) is 1. The standard InChI is InChI=1S/C23H23N5O2/c29-20-10-5-13-27(20)19-9-4-6-16(14-19)15-24-23(30)21-22(17-11-12-17)28(26-25-21)18-7-2-1-3-8-18/h1-4,6-9,14,17H,5,10-13,15H2,(H,24,30). The van der Waals surface area contributed by atoms with Crippen molar-refractivity contribution in [2.75, 3.05) is 11.4 Å². The van der Waals surface area contributed by atoms with Crippen LogP contribution < -0.4 is 10.2 Å². The lowest BCUT2D eigenvalue weighted by molar-refractivity contribution is -0.117. The van der Waals surface area contributed by atoms with E-state index in [-0.39, 0.29) is 11.8 Å². The van der Waals surface area contributed by atoms with E-state index in [1.165, 1.54) is 0 Å². The molecule has 1 aliphatic carbocycles. The molecule has 2 amide bonds. The maximum absolute atomic E-state index is 12.9. The van der Waals surface area contributed by atoms with Gasteiger partial charge in [-0.2, -0.15) is 0 Å². The molecule has 7 nitrogen and oxygen atoms in total. The Hall–Kier alpha value is -3.48. The van der Waals surface area contributed by atoms with Crippen LogP contribution in [-0.2, 0) is 11.3 Å². The van der Waals surface area contributed by atoms with Gasteiger partial charge in [0.1, 0.15) is 0 Å². The molecule has 30 heavy (non-hydrogen) atoms. The van der Waals surface area contributed by atoms with Gasteiger partial charge in [0.2, 0.25) is 5.91 Å². The van der Waals surface area contributed by atoms with E-state index in [1.54, 1.807) is 4.68 Å². The first-order valence-corrected chi connectivity index (χ1v) is 10.4. The normalized spacial score (nSPS) is 16.1. The van der Waals surface area contributed by atoms with Gasteiger partial charge in [0.05, 0.1) is 11.4 Å². The maximum atomic E-state index is 12.9. The van der Waals surface area contributed by atoms with E-state index < -0.39 is 0 Å². The van der Waals surface area contributed by atoms with Crippen LogP contribution >= 0.6 is 0 Å². The zero-order valence-corrected chi connectivity index (χ0v) is 16.6. The van der Waals surface area contributed by atoms with Crippen LogP contribution in [0.25, 0.3) is 5.69 Å². The molecule has 1 saturated carbocycles. The number of para-hydroxylation sites is 1. The molecule has 2 aromatic carbocycles. The fraction of sp³-hybridized carbons (Fsp3) is 0.304. The van der Waals surface area contributed by atoms with Gasteiger partial charge in [0.25, 0.3) is 5.91 Å². The predicted molar refractivity (Wildman–Crippen MR) is 113 cm³/mol. The molecule has 0 radical (unpaired) electrons. The summed E-state index contributed by atoms with van der Waals surface area (Å²) in [6, 6.07) is 17.6. The quantitative estimate of drug-likeness (QED) is 0.688. The second-order valence-corrected chi connectivity index (χ2v) is 7.85. The molecule has 0 unspecified atom stereocenters. The van der Waals surface area contributed by atoms with E-state index in [1.807, 2.05) is 59.5 Å². The molecule has 2 fully saturated rings. The van der Waals surface area contributed by atoms with E-state index in [0.29, 0.717) is 24.6 Å². The van der Waals surface area contributed by atoms with Gasteiger partial charge in [-0.15, -0.1) is 5.10 Å². The van der Waals surface area contributed by atoms with Crippen molar-refractivity contribution in [1.29, 1.82) is 0 Å². The van der Waals surface area contributed by atoms with Gasteiger partial charge in [-0.1, -0.05) is 35.5 Å². The molecule has 7 heteroatoms. The number of nitrogens with zero attached hydrogens (tertiary/aromatic N) is 4. The van der Waals surface area contributed by atoms with Crippen molar-refractivity contribution in [3.63, 3.8) is 0 Å². The van der Waals surface area contributed by atoms with Crippen LogP contribution in [0.3, 0.4) is 0 Å². The van der Waals surface area contributed by atoms with Crippen LogP contribution in [0.15, 0.2) is 54.6 Å². The summed E-state index contributed by atoms with van der Waals surface area (Å²) in [4.78, 5) is 26.7. The van der Waals surface area contributed by atoms with Crippen molar-refractivity contribution in [3.05, 3.63) is 71.5 Å². The Kier molecular flexibility index (Phi) is 4.78. The number of amides is 2. The Balaban J connectivity index is 1.33. The summed E-state index contributed by atoms with van der Waals surface area (Å²) in [5.41, 5.74) is 4.03. The van der Waals surface area contributed by atoms with Crippen molar-refractivity contribution >= 4 is 17.5 Å². The second kappa shape index (κ2) is 7.74. The van der Waals surface area contributed by atoms with E-state index in [0.717, 1.165) is 48.4 Å². The third kappa shape index (κ3) is 3.58. The smallest absolute Gasteiger partial charge is 0.274 e. The van der Waals surface area contributed by atoms with Crippen LogP contribution in [0.5, 0.6) is 0 Å². The monoisotopic (exact) mass is 401 g/mol. The molecule has 1 aromatic heterocycles. The minimum Gasteiger partial charge on any atom is -0.347 e. The molecule has 2 heterocycles. The van der Waals surface area contributed by atoms with Crippen LogP contribution in [0, 0.1) is 0 Å². The third-order valence-electron chi connectivity index (χ3n) is 5.63. The Morgan fingerprint density at radius 1 is 1.07 bits per heavy atom. The highest BCUT2D eigenvalue weighted by atomic mass is 16.2. The number of anilines is 1. The lowest BCUT2D eigenvalue weighted by Gasteiger charge is -2.16. The zero-order chi connectivity index (χ0) is 20.5. The number of nitrogens with one attached hydrogen (secondary N) is 1. The Labute approximate surface area is 174 Å². The average molecular weight is 401 g/mol. The number of aromatic nitrogens is 3. The lowest BCUT2D eigenvalue weighted by atomic mass is 10.1. The van der Waals surface area contributed by atoms with Gasteiger partial charge in [-0.05, 0) is 49.1 Å². The maximum Gasteiger partial charge on any atom is 0.274 e. The summed E-state index contributed by atoms with van der Waals surface area (Å²) >= 11 is 0. The minimum absolute atomic E-state index is 0.155. The van der Waals surface area contributed by atoms with Crippen molar-refractivity contribution in [3.8, 4) is 5.69 Å². The fourth-order valence-corrected chi connectivity index (χ4v) is 3.96. The van der Waals surface area contributed by atoms with Crippen LogP contribution in [0.1, 0.15) is 53.3 Å². The van der Waals surface area contributed by atoms with Crippen LogP contribution in [0.4, 0.5) is 5.69 Å². The predicted octanol–water partition coefficient (Wildman–Crippen LogP) is 3.20. The van der Waals surface area contributed by atoms with Crippen molar-refractivity contribution in [1.82, 2.24) is 20.3 Å². The molecule has 0 atom stereocenters. The first-order chi connectivity index (χ1) is 14.7. The molecule has 1 N–H and O–H groups in total. The van der Waals surface area contributed by atoms with Gasteiger partial charge >= 0.3 is 0 Å². The number of carbonyl (C=O) groups excluding carboxylic acids is 2. The van der Waals surface area contributed by atoms with Crippen molar-refractivity contribution in [2.24, 2.45) is 0 Å². The summed E-state index contributed by atoms with van der Waals surface area (Å²) in [5.74, 6) is 0.259. The molecule has 1 saturated heterocycles. The van der Waals surface area contributed by atoms with Gasteiger partial charge in [-0.3, -0.25) is 9.59 Å². The highest BCUT2D eigenvalue weighted by molar-refractivity contribution is 5.95. The molecule has 1 aliphatic heterocycles. The van der Waals surface area contributed by atoms with Crippen LogP contribution in [-0.4, -0.2) is 33.4 Å². The summed E-state index contributed by atoms with van der Waals surface area (Å²) < 4.78 is 1.78. The molecule has 152 valence electrons. The summed E-state index contributed by atoms with van der Waals surface area (Å²) in [7, 11) is 0. The van der Waals surface area contributed by atoms with Gasteiger partial charge in [-0.25, -0.2) is 4.68 Å². The molecule has 2 aliphatic rings. The molecule has 0 bridgehead atoms. The van der Waals surface area contributed by atoms with Gasteiger partial charge in [0.15, 0.2) is 5.69 Å². The topological polar surface area (TPSA) is 80.1 Å². The zero-order valence-electron chi connectivity index (χ0n) is 16.6. The minimum atomic E-state index is -0.221. The molecule has 5 rings (SSSR count). The number of rotatable bonds is 6. The second-order valence-electron chi connectivity index (χ2n) is 7.85. The highest BCUT2D eigenvalue weighted by Crippen LogP contribution is 2.41. The summed E-state index contributed by atoms with van der Waals surface area (Å²) in [6.45, 7) is 1.12. The largest absolute Gasteiger partial charge is 0.347 e. The number of carbonyl (C=O) groups is 2. The molecular formula is C23H23N5O2. The van der Waals surface area contributed by atoms with E-state index in [4.69, 9.17) is 0 Å². The molecule has 0 spiro atoms. The summed E-state index contributed by atoms with van der Waals surface area (Å²) in [5, 5.41) is 11.4. The summed E-state index contributed by atoms with van der Waals surface area (Å²) in [6.07, 6.45) is 3.58. The number of hydrogen-bond acceptors (Lipinski definition) is 4. The Morgan fingerprint density at radius 2 is 1.87 bits per heavy atom. The first-order valence-electron chi connectivity index (χ1n) is 10.4. The SMILES string of the molecule is O=C(NCc1cccc(N2CCCC2=O)c1)c1nnn(-c2ccccc2)c1C1CC1. The number of benzene rings is 2. The highest BCUT2D eigenvalue weighted by Gasteiger charge is 2.34. The van der Waals surface area contributed by atoms with E-state index in [2.05, 4.69) is 15.6 Å². The first kappa shape index (κ1) is 18.5. The van der Waals surface area contributed by atoms with Crippen molar-refractivity contribution < 1.29 is 9.59 Å². The van der Waals surface area contributed by atoms with E-state index in [9.17, 15) is 9.59 Å². The lowest BCUT2D eigenvalue weighted by Crippen LogP contribution is -2.26. The Bertz CT molecular complexity index is 1090. The van der Waals surface area contributed by atoms with Gasteiger partial charge in [0, 0.05) is 31.1 Å². The average Bonchev–Trinajstić information content (AvgIpc) is 3.37. The molecular weight excluding hydrogens is 378 g/mol. The van der Waals surface area contributed by atoms with Crippen molar-refractivity contribution in [2.45, 2.75) is 38.1 Å². The van der Waals surface area contributed by atoms with Crippen LogP contribution in [0.2, 0.25) is 0 Å². The molecule has 3 aromatic rings. The Morgan fingerprint density at radius 3 is 2.60 bits per heavy atom. The van der Waals surface area contributed by atoms with Gasteiger partial charge < -0.3 is 10.2 Å². The van der Waals surface area contributed by atoms with E-state index >= 15 is 0 Å². The fourth-order valence-electron chi connectivity index (χ4n) is 3.96.